The lowest BCUT2D eigenvalue weighted by atomic mass is 9.71. The number of carbonyl (C=O) groups excluding carboxylic acids is 4. The maximum absolute atomic E-state index is 13.3. The maximum Gasteiger partial charge on any atom is 0.262 e. The van der Waals surface area contributed by atoms with Crippen LogP contribution in [0.4, 0.5) is 5.69 Å². The topological polar surface area (TPSA) is 140 Å². The smallest absolute Gasteiger partial charge is 0.262 e. The molecule has 50 heavy (non-hydrogen) atoms. The predicted octanol–water partition coefficient (Wildman–Crippen LogP) is 2.60. The highest BCUT2D eigenvalue weighted by atomic mass is 16.5. The van der Waals surface area contributed by atoms with Crippen LogP contribution in [0.25, 0.3) is 11.1 Å². The van der Waals surface area contributed by atoms with Crippen molar-refractivity contribution in [2.45, 2.75) is 51.5 Å². The molecule has 1 aromatic heterocycles. The third-order valence-electron chi connectivity index (χ3n) is 11.1. The van der Waals surface area contributed by atoms with E-state index in [4.69, 9.17) is 14.2 Å². The van der Waals surface area contributed by atoms with E-state index in [1.54, 1.807) is 38.0 Å². The first-order chi connectivity index (χ1) is 24.1. The van der Waals surface area contributed by atoms with Crippen LogP contribution < -0.4 is 25.2 Å². The van der Waals surface area contributed by atoms with Crippen molar-refractivity contribution in [2.24, 2.45) is 12.5 Å². The number of rotatable bonds is 7. The molecule has 3 saturated heterocycles. The van der Waals surface area contributed by atoms with Gasteiger partial charge >= 0.3 is 0 Å². The van der Waals surface area contributed by atoms with Crippen molar-refractivity contribution in [1.82, 2.24) is 19.7 Å². The number of fused-ring (bicyclic) bond motifs is 2. The fourth-order valence-electron chi connectivity index (χ4n) is 8.27. The van der Waals surface area contributed by atoms with E-state index in [2.05, 4.69) is 15.1 Å². The Kier molecular flexibility index (Phi) is 7.79. The third kappa shape index (κ3) is 5.18. The molecule has 4 amide bonds. The number of aryl methyl sites for hydroxylation is 1. The van der Waals surface area contributed by atoms with Gasteiger partial charge in [-0.15, -0.1) is 0 Å². The van der Waals surface area contributed by atoms with Crippen molar-refractivity contribution in [2.75, 3.05) is 45.3 Å². The van der Waals surface area contributed by atoms with Gasteiger partial charge in [-0.1, -0.05) is 0 Å². The van der Waals surface area contributed by atoms with Crippen molar-refractivity contribution in [3.8, 4) is 22.6 Å². The Bertz CT molecular complexity index is 2000. The minimum Gasteiger partial charge on any atom is -0.496 e. The maximum atomic E-state index is 13.3. The van der Waals surface area contributed by atoms with Crippen molar-refractivity contribution < 1.29 is 33.4 Å². The van der Waals surface area contributed by atoms with Crippen LogP contribution in [0, 0.1) is 5.41 Å². The van der Waals surface area contributed by atoms with Gasteiger partial charge in [0.15, 0.2) is 0 Å². The van der Waals surface area contributed by atoms with Crippen LogP contribution in [0.15, 0.2) is 41.3 Å². The fourth-order valence-corrected chi connectivity index (χ4v) is 8.27. The Morgan fingerprint density at radius 2 is 1.56 bits per heavy atom. The number of methoxy groups -OCH3 is 2. The van der Waals surface area contributed by atoms with Crippen molar-refractivity contribution in [3.05, 3.63) is 74.7 Å². The molecule has 0 aliphatic carbocycles. The molecule has 6 heterocycles. The van der Waals surface area contributed by atoms with Gasteiger partial charge in [-0.05, 0) is 73.8 Å². The fraction of sp³-hybridized carbons (Fsp3) is 0.432. The Balaban J connectivity index is 0.930. The first-order valence-electron chi connectivity index (χ1n) is 17.0. The Morgan fingerprint density at radius 1 is 0.880 bits per heavy atom. The number of amides is 4. The number of anilines is 1. The number of aromatic nitrogens is 1. The summed E-state index contributed by atoms with van der Waals surface area (Å²) in [6.45, 7) is 4.91. The third-order valence-corrected chi connectivity index (χ3v) is 11.1. The van der Waals surface area contributed by atoms with E-state index in [-0.39, 0.29) is 29.4 Å². The van der Waals surface area contributed by atoms with E-state index in [0.717, 1.165) is 83.4 Å². The number of benzene rings is 2. The molecule has 0 radical (unpaired) electrons. The number of likely N-dealkylation sites (tertiary alicyclic amines) is 1. The molecule has 3 aromatic rings. The minimum absolute atomic E-state index is 0.0357. The monoisotopic (exact) mass is 681 g/mol. The zero-order chi connectivity index (χ0) is 34.9. The number of pyridine rings is 1. The summed E-state index contributed by atoms with van der Waals surface area (Å²) in [6.07, 6.45) is 4.11. The zero-order valence-electron chi connectivity index (χ0n) is 28.4. The van der Waals surface area contributed by atoms with Crippen LogP contribution >= 0.6 is 0 Å². The second-order valence-electron chi connectivity index (χ2n) is 14.1. The lowest BCUT2D eigenvalue weighted by Crippen LogP contribution is -2.60. The molecule has 13 heteroatoms. The first kappa shape index (κ1) is 32.2. The molecular formula is C37H39N5O8. The number of nitrogens with zero attached hydrogens (tertiary/aromatic N) is 4. The van der Waals surface area contributed by atoms with Crippen LogP contribution in [-0.2, 0) is 41.1 Å². The van der Waals surface area contributed by atoms with Crippen LogP contribution in [0.2, 0.25) is 0 Å². The molecule has 1 atom stereocenters. The second kappa shape index (κ2) is 12.1. The molecule has 1 unspecified atom stereocenters. The molecule has 1 N–H and O–H groups in total. The molecule has 5 aliphatic rings. The summed E-state index contributed by atoms with van der Waals surface area (Å²) in [5.74, 6) is -0.522. The predicted molar refractivity (Wildman–Crippen MR) is 181 cm³/mol. The van der Waals surface area contributed by atoms with Gasteiger partial charge in [0.25, 0.3) is 17.4 Å². The van der Waals surface area contributed by atoms with Gasteiger partial charge in [-0.2, -0.15) is 0 Å². The highest BCUT2D eigenvalue weighted by Crippen LogP contribution is 2.45. The van der Waals surface area contributed by atoms with Crippen LogP contribution in [0.5, 0.6) is 11.5 Å². The molecule has 13 nitrogen and oxygen atoms in total. The Morgan fingerprint density at radius 3 is 2.24 bits per heavy atom. The number of ether oxygens (including phenoxy) is 3. The van der Waals surface area contributed by atoms with Crippen LogP contribution in [0.3, 0.4) is 0 Å². The van der Waals surface area contributed by atoms with Gasteiger partial charge in [0, 0.05) is 61.5 Å². The summed E-state index contributed by atoms with van der Waals surface area (Å²) in [6, 6.07) is 8.38. The lowest BCUT2D eigenvalue weighted by molar-refractivity contribution is -0.136. The molecule has 2 aromatic carbocycles. The number of imide groups is 2. The SMILES string of the molecule is COc1cc(-c2cn(C)c(=O)c3c2COC3)cc(OC)c1CN1CCC2(CC1)CN(c1ccc3c(c1)C(=O)N(C1CCC(=O)NC1=O)C3=O)C2. The molecule has 260 valence electrons. The quantitative estimate of drug-likeness (QED) is 0.371. The average molecular weight is 682 g/mol. The normalized spacial score (nSPS) is 21.3. The highest BCUT2D eigenvalue weighted by molar-refractivity contribution is 6.23. The van der Waals surface area contributed by atoms with Crippen molar-refractivity contribution in [3.63, 3.8) is 0 Å². The van der Waals surface area contributed by atoms with Gasteiger partial charge in [-0.3, -0.25) is 39.1 Å². The largest absolute Gasteiger partial charge is 0.496 e. The summed E-state index contributed by atoms with van der Waals surface area (Å²) in [5.41, 5.74) is 6.03. The van der Waals surface area contributed by atoms with E-state index in [1.807, 2.05) is 24.4 Å². The van der Waals surface area contributed by atoms with Crippen molar-refractivity contribution in [1.29, 1.82) is 0 Å². The summed E-state index contributed by atoms with van der Waals surface area (Å²) < 4.78 is 19.0. The standard InChI is InChI=1S/C37H39N5O8/c1-39-15-25(27-17-50-18-28(27)34(39)45)21-12-30(48-2)26(31(13-21)49-3)16-40-10-8-37(9-11-40)19-41(20-37)22-4-5-23-24(14-22)36(47)42(35(23)46)29-6-7-32(43)38-33(29)44/h4-5,12-15,29H,6-11,16-20H2,1-3H3,(H,38,43,44). The molecular weight excluding hydrogens is 642 g/mol. The molecule has 0 saturated carbocycles. The van der Waals surface area contributed by atoms with Crippen LogP contribution in [-0.4, -0.2) is 84.4 Å². The van der Waals surface area contributed by atoms with E-state index < -0.39 is 29.7 Å². The molecule has 5 aliphatic heterocycles. The summed E-state index contributed by atoms with van der Waals surface area (Å²) in [7, 11) is 5.09. The van der Waals surface area contributed by atoms with Crippen LogP contribution in [0.1, 0.15) is 63.1 Å². The summed E-state index contributed by atoms with van der Waals surface area (Å²) in [4.78, 5) is 68.8. The van der Waals surface area contributed by atoms with E-state index in [1.165, 1.54) is 0 Å². The number of hydrogen-bond donors (Lipinski definition) is 1. The highest BCUT2D eigenvalue weighted by Gasteiger charge is 2.47. The average Bonchev–Trinajstić information content (AvgIpc) is 3.69. The molecule has 0 bridgehead atoms. The number of hydrogen-bond acceptors (Lipinski definition) is 10. The van der Waals surface area contributed by atoms with E-state index >= 15 is 0 Å². The molecule has 1 spiro atoms. The first-order valence-corrected chi connectivity index (χ1v) is 17.0. The Labute approximate surface area is 288 Å². The summed E-state index contributed by atoms with van der Waals surface area (Å²) >= 11 is 0. The van der Waals surface area contributed by atoms with Gasteiger partial charge in [0.05, 0.1) is 44.1 Å². The van der Waals surface area contributed by atoms with E-state index in [0.29, 0.717) is 30.9 Å². The van der Waals surface area contributed by atoms with Crippen molar-refractivity contribution >= 4 is 29.3 Å². The number of nitrogens with one attached hydrogen (secondary N) is 1. The second-order valence-corrected chi connectivity index (χ2v) is 14.1. The van der Waals surface area contributed by atoms with Gasteiger partial charge in [0.2, 0.25) is 11.8 Å². The van der Waals surface area contributed by atoms with Gasteiger partial charge in [0.1, 0.15) is 17.5 Å². The Hall–Kier alpha value is -5.01. The zero-order valence-corrected chi connectivity index (χ0v) is 28.4. The molecule has 3 fully saturated rings. The lowest BCUT2D eigenvalue weighted by Gasteiger charge is -2.55. The summed E-state index contributed by atoms with van der Waals surface area (Å²) in [5, 5.41) is 2.24. The van der Waals surface area contributed by atoms with Gasteiger partial charge in [-0.25, -0.2) is 0 Å². The van der Waals surface area contributed by atoms with Gasteiger partial charge < -0.3 is 23.7 Å². The minimum atomic E-state index is -0.977. The van der Waals surface area contributed by atoms with E-state index in [9.17, 15) is 24.0 Å². The number of carbonyl (C=O) groups is 4. The number of piperidine rings is 2. The molecule has 8 rings (SSSR count).